The number of hydrogen-bond acceptors (Lipinski definition) is 3. The molecule has 0 aliphatic heterocycles. The number of aromatic nitrogens is 3. The number of hydrogen-bond donors (Lipinski definition) is 2. The van der Waals surface area contributed by atoms with Crippen molar-refractivity contribution < 1.29 is 0 Å². The van der Waals surface area contributed by atoms with E-state index in [1.807, 2.05) is 25.1 Å². The van der Waals surface area contributed by atoms with E-state index in [2.05, 4.69) is 45.3 Å². The van der Waals surface area contributed by atoms with Crippen LogP contribution in [0.15, 0.2) is 53.3 Å². The van der Waals surface area contributed by atoms with Gasteiger partial charge in [0.25, 0.3) is 5.56 Å². The SMILES string of the molecule is Cc1cccc(Cc2c(C3CCC(c4ccccc4)CC3)[nH]c(=S)[nH]c2=O)n1. The maximum atomic E-state index is 12.7. The Morgan fingerprint density at radius 3 is 2.39 bits per heavy atom. The van der Waals surface area contributed by atoms with Crippen molar-refractivity contribution in [3.8, 4) is 0 Å². The first-order chi connectivity index (χ1) is 13.6. The highest BCUT2D eigenvalue weighted by Crippen LogP contribution is 2.40. The van der Waals surface area contributed by atoms with Gasteiger partial charge >= 0.3 is 0 Å². The van der Waals surface area contributed by atoms with E-state index in [-0.39, 0.29) is 5.56 Å². The lowest BCUT2D eigenvalue weighted by molar-refractivity contribution is 0.389. The molecule has 1 aromatic carbocycles. The molecule has 0 atom stereocenters. The summed E-state index contributed by atoms with van der Waals surface area (Å²) in [4.78, 5) is 23.4. The molecular formula is C23H25N3OS. The van der Waals surface area contributed by atoms with Crippen molar-refractivity contribution in [2.75, 3.05) is 0 Å². The Kier molecular flexibility index (Phi) is 5.53. The topological polar surface area (TPSA) is 61.5 Å². The average molecular weight is 392 g/mol. The molecule has 5 heteroatoms. The molecule has 0 spiro atoms. The van der Waals surface area contributed by atoms with Gasteiger partial charge in [-0.1, -0.05) is 36.4 Å². The molecule has 0 radical (unpaired) electrons. The Hall–Kier alpha value is -2.53. The quantitative estimate of drug-likeness (QED) is 0.603. The Balaban J connectivity index is 1.59. The van der Waals surface area contributed by atoms with Crippen LogP contribution in [0.5, 0.6) is 0 Å². The van der Waals surface area contributed by atoms with Crippen molar-refractivity contribution in [2.45, 2.75) is 50.9 Å². The van der Waals surface area contributed by atoms with Gasteiger partial charge in [-0.15, -0.1) is 0 Å². The number of pyridine rings is 1. The standard InChI is InChI=1S/C23H25N3OS/c1-15-6-5-9-19(24-15)14-20-21(25-23(28)26-22(20)27)18-12-10-17(11-13-18)16-7-3-2-4-8-16/h2-9,17-18H,10-14H2,1H3,(H2,25,26,27,28). The maximum absolute atomic E-state index is 12.7. The Morgan fingerprint density at radius 2 is 1.68 bits per heavy atom. The van der Waals surface area contributed by atoms with Gasteiger partial charge in [0.05, 0.1) is 0 Å². The molecule has 1 aliphatic rings. The van der Waals surface area contributed by atoms with Crippen LogP contribution in [0.4, 0.5) is 0 Å². The highest BCUT2D eigenvalue weighted by Gasteiger charge is 2.26. The zero-order valence-electron chi connectivity index (χ0n) is 16.1. The van der Waals surface area contributed by atoms with Crippen molar-refractivity contribution >= 4 is 12.2 Å². The van der Waals surface area contributed by atoms with Gasteiger partial charge in [0.1, 0.15) is 0 Å². The van der Waals surface area contributed by atoms with Crippen LogP contribution in [0.2, 0.25) is 0 Å². The summed E-state index contributed by atoms with van der Waals surface area (Å²) >= 11 is 5.27. The molecule has 0 saturated heterocycles. The van der Waals surface area contributed by atoms with Crippen LogP contribution in [-0.2, 0) is 6.42 Å². The Bertz CT molecular complexity index is 1060. The second-order valence-corrected chi connectivity index (χ2v) is 8.12. The van der Waals surface area contributed by atoms with E-state index in [0.717, 1.165) is 48.3 Å². The van der Waals surface area contributed by atoms with Gasteiger partial charge < -0.3 is 4.98 Å². The first-order valence-corrected chi connectivity index (χ1v) is 10.3. The molecule has 0 amide bonds. The average Bonchev–Trinajstić information content (AvgIpc) is 2.71. The van der Waals surface area contributed by atoms with E-state index >= 15 is 0 Å². The van der Waals surface area contributed by atoms with Crippen molar-refractivity contribution in [3.05, 3.63) is 91.9 Å². The summed E-state index contributed by atoms with van der Waals surface area (Å²) in [6.07, 6.45) is 4.90. The highest BCUT2D eigenvalue weighted by molar-refractivity contribution is 7.71. The minimum Gasteiger partial charge on any atom is -0.335 e. The number of aryl methyl sites for hydroxylation is 1. The molecule has 1 aliphatic carbocycles. The lowest BCUT2D eigenvalue weighted by Gasteiger charge is -2.29. The molecule has 1 saturated carbocycles. The van der Waals surface area contributed by atoms with Crippen LogP contribution in [0.3, 0.4) is 0 Å². The largest absolute Gasteiger partial charge is 0.335 e. The number of benzene rings is 1. The molecule has 0 unspecified atom stereocenters. The van der Waals surface area contributed by atoms with E-state index in [1.54, 1.807) is 0 Å². The van der Waals surface area contributed by atoms with Gasteiger partial charge in [-0.05, 0) is 74.4 Å². The second kappa shape index (κ2) is 8.23. The molecular weight excluding hydrogens is 366 g/mol. The van der Waals surface area contributed by atoms with Crippen molar-refractivity contribution in [1.29, 1.82) is 0 Å². The predicted molar refractivity (Wildman–Crippen MR) is 114 cm³/mol. The zero-order valence-corrected chi connectivity index (χ0v) is 16.9. The molecule has 0 bridgehead atoms. The van der Waals surface area contributed by atoms with Crippen molar-refractivity contribution in [3.63, 3.8) is 0 Å². The number of nitrogens with zero attached hydrogens (tertiary/aromatic N) is 1. The first kappa shape index (κ1) is 18.8. The molecule has 28 heavy (non-hydrogen) atoms. The smallest absolute Gasteiger partial charge is 0.255 e. The minimum absolute atomic E-state index is 0.0905. The predicted octanol–water partition coefficient (Wildman–Crippen LogP) is 5.17. The molecule has 2 heterocycles. The summed E-state index contributed by atoms with van der Waals surface area (Å²) in [7, 11) is 0. The molecule has 4 rings (SSSR count). The molecule has 3 aromatic rings. The number of nitrogens with one attached hydrogen (secondary N) is 2. The Morgan fingerprint density at radius 1 is 0.964 bits per heavy atom. The molecule has 2 N–H and O–H groups in total. The maximum Gasteiger partial charge on any atom is 0.255 e. The first-order valence-electron chi connectivity index (χ1n) is 9.93. The fourth-order valence-electron chi connectivity index (χ4n) is 4.37. The molecule has 2 aromatic heterocycles. The van der Waals surface area contributed by atoms with Gasteiger partial charge in [0, 0.05) is 29.1 Å². The van der Waals surface area contributed by atoms with Crippen LogP contribution in [0.25, 0.3) is 0 Å². The highest BCUT2D eigenvalue weighted by atomic mass is 32.1. The third-order valence-corrected chi connectivity index (χ3v) is 5.99. The number of aromatic amines is 2. The van der Waals surface area contributed by atoms with E-state index in [1.165, 1.54) is 5.56 Å². The second-order valence-electron chi connectivity index (χ2n) is 7.71. The fraction of sp³-hybridized carbons (Fsp3) is 0.348. The van der Waals surface area contributed by atoms with Gasteiger partial charge in [-0.3, -0.25) is 14.8 Å². The third-order valence-electron chi connectivity index (χ3n) is 5.78. The van der Waals surface area contributed by atoms with Gasteiger partial charge in [-0.25, -0.2) is 0 Å². The summed E-state index contributed by atoms with van der Waals surface area (Å²) in [6, 6.07) is 16.7. The number of H-pyrrole nitrogens is 2. The van der Waals surface area contributed by atoms with Gasteiger partial charge in [0.15, 0.2) is 4.77 Å². The van der Waals surface area contributed by atoms with E-state index in [9.17, 15) is 4.79 Å². The van der Waals surface area contributed by atoms with Crippen molar-refractivity contribution in [2.24, 2.45) is 0 Å². The summed E-state index contributed by atoms with van der Waals surface area (Å²) in [6.45, 7) is 1.97. The number of rotatable bonds is 4. The minimum atomic E-state index is -0.0905. The normalized spacial score (nSPS) is 19.5. The van der Waals surface area contributed by atoms with Gasteiger partial charge in [-0.2, -0.15) is 0 Å². The summed E-state index contributed by atoms with van der Waals surface area (Å²) in [5, 5.41) is 0. The van der Waals surface area contributed by atoms with E-state index in [4.69, 9.17) is 12.2 Å². The van der Waals surface area contributed by atoms with Crippen LogP contribution in [0, 0.1) is 11.7 Å². The van der Waals surface area contributed by atoms with Crippen molar-refractivity contribution in [1.82, 2.24) is 15.0 Å². The van der Waals surface area contributed by atoms with Gasteiger partial charge in [0.2, 0.25) is 0 Å². The van der Waals surface area contributed by atoms with Crippen LogP contribution >= 0.6 is 12.2 Å². The van der Waals surface area contributed by atoms with Crippen LogP contribution in [-0.4, -0.2) is 15.0 Å². The lowest BCUT2D eigenvalue weighted by atomic mass is 9.76. The molecule has 4 nitrogen and oxygen atoms in total. The molecule has 1 fully saturated rings. The van der Waals surface area contributed by atoms with Crippen LogP contribution in [0.1, 0.15) is 65.7 Å². The van der Waals surface area contributed by atoms with E-state index in [0.29, 0.717) is 23.0 Å². The lowest BCUT2D eigenvalue weighted by Crippen LogP contribution is -2.23. The third kappa shape index (κ3) is 4.14. The fourth-order valence-corrected chi connectivity index (χ4v) is 4.58. The van der Waals surface area contributed by atoms with Crippen LogP contribution < -0.4 is 5.56 Å². The summed E-state index contributed by atoms with van der Waals surface area (Å²) < 4.78 is 0.408. The summed E-state index contributed by atoms with van der Waals surface area (Å²) in [5.41, 5.74) is 4.98. The molecule has 144 valence electrons. The monoisotopic (exact) mass is 391 g/mol. The Labute approximate surface area is 170 Å². The van der Waals surface area contributed by atoms with E-state index < -0.39 is 0 Å². The summed E-state index contributed by atoms with van der Waals surface area (Å²) in [5.74, 6) is 0.938. The zero-order chi connectivity index (χ0) is 19.5.